The van der Waals surface area contributed by atoms with Crippen LogP contribution in [-0.4, -0.2) is 27.5 Å². The van der Waals surface area contributed by atoms with Gasteiger partial charge in [0.15, 0.2) is 12.6 Å². The maximum atomic E-state index is 12.0. The van der Waals surface area contributed by atoms with Crippen molar-refractivity contribution in [3.63, 3.8) is 0 Å². The number of hydrogen-bond acceptors (Lipinski definition) is 6. The summed E-state index contributed by atoms with van der Waals surface area (Å²) in [6, 6.07) is 18.6. The lowest BCUT2D eigenvalue weighted by Gasteiger charge is -2.14. The van der Waals surface area contributed by atoms with Crippen LogP contribution in [0.25, 0.3) is 22.6 Å². The molecule has 0 fully saturated rings. The largest absolute Gasteiger partial charge is 0.354 e. The van der Waals surface area contributed by atoms with Gasteiger partial charge in [-0.1, -0.05) is 24.3 Å². The van der Waals surface area contributed by atoms with Gasteiger partial charge in [-0.3, -0.25) is 24.5 Å². The highest BCUT2D eigenvalue weighted by atomic mass is 16.1. The van der Waals surface area contributed by atoms with Gasteiger partial charge in [0.05, 0.1) is 34.4 Å². The molecule has 1 N–H and O–H groups in total. The number of pyridine rings is 3. The number of nitrogens with zero attached hydrogens (tertiary/aromatic N) is 3. The standard InChI is InChI=1S/C23H16N4O2/c28-14-18-19(15-29)23(26-13-21(18)27-16-7-2-1-3-8-16)22-17(9-6-12-25-22)20-10-4-5-11-24-20/h1-15,27H. The highest BCUT2D eigenvalue weighted by Gasteiger charge is 2.19. The summed E-state index contributed by atoms with van der Waals surface area (Å²) in [7, 11) is 0. The van der Waals surface area contributed by atoms with Crippen LogP contribution in [0, 0.1) is 0 Å². The monoisotopic (exact) mass is 380 g/mol. The van der Waals surface area contributed by atoms with Crippen molar-refractivity contribution in [1.82, 2.24) is 15.0 Å². The lowest BCUT2D eigenvalue weighted by molar-refractivity contribution is 0.109. The quantitative estimate of drug-likeness (QED) is 0.493. The van der Waals surface area contributed by atoms with Crippen LogP contribution < -0.4 is 5.32 Å². The molecule has 0 saturated carbocycles. The van der Waals surface area contributed by atoms with Crippen LogP contribution in [0.4, 0.5) is 11.4 Å². The predicted molar refractivity (Wildman–Crippen MR) is 111 cm³/mol. The van der Waals surface area contributed by atoms with Crippen molar-refractivity contribution >= 4 is 23.9 Å². The highest BCUT2D eigenvalue weighted by molar-refractivity contribution is 6.02. The minimum absolute atomic E-state index is 0.178. The van der Waals surface area contributed by atoms with E-state index in [1.807, 2.05) is 54.6 Å². The fourth-order valence-electron chi connectivity index (χ4n) is 3.08. The average molecular weight is 380 g/mol. The SMILES string of the molecule is O=Cc1c(Nc2ccccc2)cnc(-c2ncccc2-c2ccccn2)c1C=O. The highest BCUT2D eigenvalue weighted by Crippen LogP contribution is 2.32. The van der Waals surface area contributed by atoms with Crippen molar-refractivity contribution in [3.05, 3.63) is 90.4 Å². The lowest BCUT2D eigenvalue weighted by Crippen LogP contribution is -2.05. The van der Waals surface area contributed by atoms with Gasteiger partial charge in [0, 0.05) is 23.6 Å². The molecule has 0 spiro atoms. The molecule has 29 heavy (non-hydrogen) atoms. The number of rotatable bonds is 6. The van der Waals surface area contributed by atoms with E-state index in [1.165, 1.54) is 6.20 Å². The molecular formula is C23H16N4O2. The average Bonchev–Trinajstić information content (AvgIpc) is 2.80. The number of para-hydroxylation sites is 1. The Balaban J connectivity index is 1.86. The first-order valence-corrected chi connectivity index (χ1v) is 8.94. The van der Waals surface area contributed by atoms with Crippen LogP contribution in [0.5, 0.6) is 0 Å². The third kappa shape index (κ3) is 3.64. The molecule has 0 saturated heterocycles. The molecule has 0 unspecified atom stereocenters. The minimum Gasteiger partial charge on any atom is -0.354 e. The van der Waals surface area contributed by atoms with Crippen LogP contribution >= 0.6 is 0 Å². The summed E-state index contributed by atoms with van der Waals surface area (Å²) >= 11 is 0. The number of nitrogens with one attached hydrogen (secondary N) is 1. The van der Waals surface area contributed by atoms with Gasteiger partial charge < -0.3 is 5.32 Å². The van der Waals surface area contributed by atoms with E-state index in [9.17, 15) is 9.59 Å². The molecular weight excluding hydrogens is 364 g/mol. The number of carbonyl (C=O) groups excluding carboxylic acids is 2. The molecule has 0 atom stereocenters. The number of carbonyl (C=O) groups is 2. The molecule has 6 heteroatoms. The maximum Gasteiger partial charge on any atom is 0.153 e. The molecule has 0 bridgehead atoms. The van der Waals surface area contributed by atoms with Gasteiger partial charge >= 0.3 is 0 Å². The molecule has 1 aromatic carbocycles. The zero-order valence-corrected chi connectivity index (χ0v) is 15.3. The Morgan fingerprint density at radius 2 is 1.45 bits per heavy atom. The molecule has 0 radical (unpaired) electrons. The van der Waals surface area contributed by atoms with Gasteiger partial charge in [0.25, 0.3) is 0 Å². The maximum absolute atomic E-state index is 12.0. The molecule has 0 amide bonds. The summed E-state index contributed by atoms with van der Waals surface area (Å²) in [5.74, 6) is 0. The second kappa shape index (κ2) is 8.22. The smallest absolute Gasteiger partial charge is 0.153 e. The Morgan fingerprint density at radius 1 is 0.690 bits per heavy atom. The summed E-state index contributed by atoms with van der Waals surface area (Å²) < 4.78 is 0. The van der Waals surface area contributed by atoms with Gasteiger partial charge in [-0.2, -0.15) is 0 Å². The number of benzene rings is 1. The molecule has 140 valence electrons. The zero-order chi connectivity index (χ0) is 20.1. The van der Waals surface area contributed by atoms with E-state index in [0.29, 0.717) is 35.3 Å². The Morgan fingerprint density at radius 3 is 2.17 bits per heavy atom. The Labute approximate surface area is 167 Å². The van der Waals surface area contributed by atoms with Gasteiger partial charge in [0.1, 0.15) is 5.69 Å². The summed E-state index contributed by atoms with van der Waals surface area (Å²) in [5.41, 5.74) is 3.90. The number of anilines is 2. The number of aromatic nitrogens is 3. The van der Waals surface area contributed by atoms with Crippen LogP contribution in [0.15, 0.2) is 79.3 Å². The summed E-state index contributed by atoms with van der Waals surface area (Å²) in [5, 5.41) is 3.14. The molecule has 0 aliphatic rings. The second-order valence-electron chi connectivity index (χ2n) is 6.19. The first-order valence-electron chi connectivity index (χ1n) is 8.94. The van der Waals surface area contributed by atoms with Crippen molar-refractivity contribution < 1.29 is 9.59 Å². The van der Waals surface area contributed by atoms with Gasteiger partial charge in [-0.05, 0) is 36.4 Å². The van der Waals surface area contributed by atoms with Crippen LogP contribution in [0.3, 0.4) is 0 Å². The Hall–Kier alpha value is -4.19. The molecule has 3 aromatic heterocycles. The molecule has 6 nitrogen and oxygen atoms in total. The number of aldehydes is 2. The van der Waals surface area contributed by atoms with Gasteiger partial charge in [0.2, 0.25) is 0 Å². The fraction of sp³-hybridized carbons (Fsp3) is 0. The van der Waals surface area contributed by atoms with Crippen molar-refractivity contribution in [1.29, 1.82) is 0 Å². The van der Waals surface area contributed by atoms with Crippen molar-refractivity contribution in [2.75, 3.05) is 5.32 Å². The van der Waals surface area contributed by atoms with Gasteiger partial charge in [-0.25, -0.2) is 0 Å². The van der Waals surface area contributed by atoms with Crippen LogP contribution in [0.2, 0.25) is 0 Å². The normalized spacial score (nSPS) is 10.3. The molecule has 4 aromatic rings. The third-order valence-corrected chi connectivity index (χ3v) is 4.42. The third-order valence-electron chi connectivity index (χ3n) is 4.42. The van der Waals surface area contributed by atoms with E-state index in [4.69, 9.17) is 0 Å². The Kier molecular flexibility index (Phi) is 5.16. The fourth-order valence-corrected chi connectivity index (χ4v) is 3.08. The van der Waals surface area contributed by atoms with E-state index in [0.717, 1.165) is 11.3 Å². The predicted octanol–water partition coefficient (Wildman–Crippen LogP) is 4.57. The molecule has 4 rings (SSSR count). The zero-order valence-electron chi connectivity index (χ0n) is 15.3. The van der Waals surface area contributed by atoms with E-state index < -0.39 is 0 Å². The van der Waals surface area contributed by atoms with E-state index in [1.54, 1.807) is 18.5 Å². The second-order valence-corrected chi connectivity index (χ2v) is 6.19. The summed E-state index contributed by atoms with van der Waals surface area (Å²) in [4.78, 5) is 37.1. The van der Waals surface area contributed by atoms with Crippen molar-refractivity contribution in [2.45, 2.75) is 0 Å². The molecule has 3 heterocycles. The first-order chi connectivity index (χ1) is 14.3. The Bertz CT molecular complexity index is 1160. The molecule has 0 aliphatic heterocycles. The van der Waals surface area contributed by atoms with Crippen molar-refractivity contribution in [2.24, 2.45) is 0 Å². The topological polar surface area (TPSA) is 84.8 Å². The first kappa shape index (κ1) is 18.2. The van der Waals surface area contributed by atoms with E-state index in [-0.39, 0.29) is 11.1 Å². The summed E-state index contributed by atoms with van der Waals surface area (Å²) in [6.45, 7) is 0. The van der Waals surface area contributed by atoms with Crippen LogP contribution in [-0.2, 0) is 0 Å². The van der Waals surface area contributed by atoms with Crippen molar-refractivity contribution in [3.8, 4) is 22.6 Å². The summed E-state index contributed by atoms with van der Waals surface area (Å²) in [6.07, 6.45) is 6.14. The van der Waals surface area contributed by atoms with Gasteiger partial charge in [-0.15, -0.1) is 0 Å². The van der Waals surface area contributed by atoms with Crippen LogP contribution in [0.1, 0.15) is 20.7 Å². The minimum atomic E-state index is 0.178. The molecule has 0 aliphatic carbocycles. The number of hydrogen-bond donors (Lipinski definition) is 1. The lowest BCUT2D eigenvalue weighted by atomic mass is 10.00. The van der Waals surface area contributed by atoms with E-state index >= 15 is 0 Å². The van der Waals surface area contributed by atoms with E-state index in [2.05, 4.69) is 20.3 Å².